The number of methoxy groups -OCH3 is 1. The highest BCUT2D eigenvalue weighted by molar-refractivity contribution is 6.05. The molecule has 38 heavy (non-hydrogen) atoms. The van der Waals surface area contributed by atoms with Gasteiger partial charge >= 0.3 is 5.97 Å². The van der Waals surface area contributed by atoms with Crippen molar-refractivity contribution in [2.24, 2.45) is 50.2 Å². The molecular weight excluding hydrogens is 478 g/mol. The van der Waals surface area contributed by atoms with Crippen LogP contribution in [0.3, 0.4) is 0 Å². The summed E-state index contributed by atoms with van der Waals surface area (Å²) < 4.78 is 5.39. The van der Waals surface area contributed by atoms with Crippen LogP contribution in [0.15, 0.2) is 23.3 Å². The van der Waals surface area contributed by atoms with Crippen LogP contribution in [0.1, 0.15) is 86.5 Å². The van der Waals surface area contributed by atoms with Crippen LogP contribution in [0.25, 0.3) is 0 Å². The zero-order chi connectivity index (χ0) is 28.1. The number of rotatable bonds is 2. The summed E-state index contributed by atoms with van der Waals surface area (Å²) in [7, 11) is 1.47. The van der Waals surface area contributed by atoms with Crippen LogP contribution in [0.5, 0.6) is 0 Å². The minimum absolute atomic E-state index is 0.0341. The Morgan fingerprint density at radius 2 is 1.74 bits per heavy atom. The van der Waals surface area contributed by atoms with Gasteiger partial charge in [-0.2, -0.15) is 5.26 Å². The molecule has 0 aromatic carbocycles. The molecule has 3 saturated carbocycles. The lowest BCUT2D eigenvalue weighted by molar-refractivity contribution is -0.191. The van der Waals surface area contributed by atoms with E-state index in [4.69, 9.17) is 4.74 Å². The second-order valence-electron chi connectivity index (χ2n) is 14.8. The van der Waals surface area contributed by atoms with E-state index >= 15 is 0 Å². The van der Waals surface area contributed by atoms with E-state index in [1.54, 1.807) is 13.0 Å². The van der Waals surface area contributed by atoms with Gasteiger partial charge in [0.1, 0.15) is 6.07 Å². The molecule has 0 aromatic heterocycles. The Labute approximate surface area is 226 Å². The molecular formula is C32H43NO5. The van der Waals surface area contributed by atoms with Gasteiger partial charge in [0.15, 0.2) is 11.6 Å². The van der Waals surface area contributed by atoms with Crippen LogP contribution in [-0.2, 0) is 19.1 Å². The second kappa shape index (κ2) is 8.13. The summed E-state index contributed by atoms with van der Waals surface area (Å²) in [5, 5.41) is 20.3. The van der Waals surface area contributed by atoms with E-state index in [0.29, 0.717) is 6.42 Å². The number of ketones is 2. The van der Waals surface area contributed by atoms with E-state index < -0.39 is 16.2 Å². The van der Waals surface area contributed by atoms with Crippen molar-refractivity contribution in [2.75, 3.05) is 13.7 Å². The molecule has 0 spiro atoms. The first-order valence-electron chi connectivity index (χ1n) is 14.2. The smallest absolute Gasteiger partial charge is 0.312 e. The number of esters is 1. The van der Waals surface area contributed by atoms with Crippen molar-refractivity contribution in [3.63, 3.8) is 0 Å². The number of hydrogen-bond donors (Lipinski definition) is 1. The van der Waals surface area contributed by atoms with Crippen molar-refractivity contribution >= 4 is 17.5 Å². The maximum atomic E-state index is 14.4. The number of aliphatic hydroxyl groups is 1. The molecule has 0 aliphatic heterocycles. The number of Topliss-reactive ketones (excluding diaryl/α,β-unsaturated/α-hetero) is 1. The van der Waals surface area contributed by atoms with Crippen molar-refractivity contribution < 1.29 is 24.2 Å². The topological polar surface area (TPSA) is 104 Å². The molecule has 5 rings (SSSR count). The molecule has 0 aromatic rings. The molecule has 1 N–H and O–H groups in total. The van der Waals surface area contributed by atoms with Gasteiger partial charge in [-0.05, 0) is 86.0 Å². The summed E-state index contributed by atoms with van der Waals surface area (Å²) in [6.07, 6.45) is 9.07. The van der Waals surface area contributed by atoms with Crippen molar-refractivity contribution in [3.05, 3.63) is 23.3 Å². The standard InChI is InChI=1S/C32H43NO5/c1-27(2)10-12-32(26(37)38-7)13-11-31(6)24(20(32)16-27)21(35)14-23-28(3)15-19(17-33)25(36)29(4,18-34)22(28)8-9-30(23,31)5/h14-15,20,22,24,34H,8-13,16,18H2,1-7H3/t20-,22?,24-,28-,29-,30+,31+,32-/m0/s1. The number of carbonyl (C=O) groups is 3. The normalized spacial score (nSPS) is 47.3. The lowest BCUT2D eigenvalue weighted by Gasteiger charge is -2.68. The Morgan fingerprint density at radius 1 is 1.08 bits per heavy atom. The Bertz CT molecular complexity index is 1220. The first kappa shape index (κ1) is 27.3. The Morgan fingerprint density at radius 3 is 2.34 bits per heavy atom. The van der Waals surface area contributed by atoms with E-state index in [2.05, 4.69) is 40.7 Å². The Hall–Kier alpha value is -2.26. The van der Waals surface area contributed by atoms with Crippen molar-refractivity contribution in [2.45, 2.75) is 86.5 Å². The number of hydrogen-bond acceptors (Lipinski definition) is 6. The fourth-order valence-electron chi connectivity index (χ4n) is 10.2. The van der Waals surface area contributed by atoms with Crippen LogP contribution in [-0.4, -0.2) is 36.4 Å². The molecule has 206 valence electrons. The maximum absolute atomic E-state index is 14.4. The minimum atomic E-state index is -1.07. The van der Waals surface area contributed by atoms with Crippen molar-refractivity contribution in [1.82, 2.24) is 0 Å². The van der Waals surface area contributed by atoms with Gasteiger partial charge in [-0.1, -0.05) is 46.3 Å². The number of nitriles is 1. The van der Waals surface area contributed by atoms with Gasteiger partial charge in [-0.25, -0.2) is 0 Å². The van der Waals surface area contributed by atoms with Crippen molar-refractivity contribution in [3.8, 4) is 6.07 Å². The monoisotopic (exact) mass is 521 g/mol. The average molecular weight is 522 g/mol. The largest absolute Gasteiger partial charge is 0.469 e. The molecule has 1 unspecified atom stereocenters. The molecule has 6 heteroatoms. The third-order valence-corrected chi connectivity index (χ3v) is 12.6. The zero-order valence-corrected chi connectivity index (χ0v) is 24.1. The third kappa shape index (κ3) is 3.12. The molecule has 0 bridgehead atoms. The van der Waals surface area contributed by atoms with Gasteiger partial charge in [0.25, 0.3) is 0 Å². The molecule has 0 amide bonds. The average Bonchev–Trinajstić information content (AvgIpc) is 2.86. The number of nitrogens with zero attached hydrogens (tertiary/aromatic N) is 1. The summed E-state index contributed by atoms with van der Waals surface area (Å²) in [4.78, 5) is 41.0. The number of aliphatic hydroxyl groups excluding tert-OH is 1. The zero-order valence-electron chi connectivity index (χ0n) is 24.1. The van der Waals surface area contributed by atoms with Crippen LogP contribution < -0.4 is 0 Å². The number of carbonyl (C=O) groups excluding carboxylic acids is 3. The van der Waals surface area contributed by atoms with Crippen LogP contribution in [0.2, 0.25) is 0 Å². The van der Waals surface area contributed by atoms with E-state index in [0.717, 1.165) is 44.1 Å². The number of allylic oxidation sites excluding steroid dienone is 4. The molecule has 0 heterocycles. The highest BCUT2D eigenvalue weighted by Gasteiger charge is 2.71. The molecule has 5 aliphatic rings. The lowest BCUT2D eigenvalue weighted by Crippen LogP contribution is -2.66. The fourth-order valence-corrected chi connectivity index (χ4v) is 10.2. The van der Waals surface area contributed by atoms with E-state index in [1.165, 1.54) is 7.11 Å². The van der Waals surface area contributed by atoms with Gasteiger partial charge < -0.3 is 9.84 Å². The third-order valence-electron chi connectivity index (χ3n) is 12.6. The van der Waals surface area contributed by atoms with Crippen molar-refractivity contribution in [1.29, 1.82) is 5.26 Å². The van der Waals surface area contributed by atoms with E-state index in [9.17, 15) is 24.8 Å². The van der Waals surface area contributed by atoms with Gasteiger partial charge in [0, 0.05) is 11.3 Å². The SMILES string of the molecule is COC(=O)[C@]12CCC(C)(C)C[C@H]1[C@H]1C(=O)C=C3[C@@]4(C)C=C(C#N)C(=O)[C@@](C)(CO)C4CC[C@@]3(C)[C@]1(C)CC2. The first-order chi connectivity index (χ1) is 17.6. The molecule has 0 saturated heterocycles. The molecule has 3 fully saturated rings. The Kier molecular flexibility index (Phi) is 5.84. The summed E-state index contributed by atoms with van der Waals surface area (Å²) >= 11 is 0. The molecule has 6 nitrogen and oxygen atoms in total. The molecule has 8 atom stereocenters. The van der Waals surface area contributed by atoms with Crippen LogP contribution in [0.4, 0.5) is 0 Å². The number of ether oxygens (including phenoxy) is 1. The lowest BCUT2D eigenvalue weighted by atomic mass is 9.34. The van der Waals surface area contributed by atoms with E-state index in [-0.39, 0.29) is 63.7 Å². The predicted octanol–water partition coefficient (Wildman–Crippen LogP) is 5.35. The summed E-state index contributed by atoms with van der Waals surface area (Å²) in [5.41, 5.74) is -2.03. The van der Waals surface area contributed by atoms with Crippen LogP contribution in [0, 0.1) is 61.6 Å². The highest BCUT2D eigenvalue weighted by atomic mass is 16.5. The van der Waals surface area contributed by atoms with Gasteiger partial charge in [0.05, 0.1) is 30.1 Å². The maximum Gasteiger partial charge on any atom is 0.312 e. The highest BCUT2D eigenvalue weighted by Crippen LogP contribution is 2.74. The van der Waals surface area contributed by atoms with E-state index in [1.807, 2.05) is 6.08 Å². The van der Waals surface area contributed by atoms with Gasteiger partial charge in [-0.3, -0.25) is 14.4 Å². The summed E-state index contributed by atoms with van der Waals surface area (Å²) in [5.74, 6) is -1.00. The van der Waals surface area contributed by atoms with Crippen LogP contribution >= 0.6 is 0 Å². The first-order valence-corrected chi connectivity index (χ1v) is 14.2. The minimum Gasteiger partial charge on any atom is -0.469 e. The summed E-state index contributed by atoms with van der Waals surface area (Å²) in [6.45, 7) is 12.5. The molecule has 5 aliphatic carbocycles. The van der Waals surface area contributed by atoms with Gasteiger partial charge in [0.2, 0.25) is 0 Å². The van der Waals surface area contributed by atoms with Gasteiger partial charge in [-0.15, -0.1) is 0 Å². The predicted molar refractivity (Wildman–Crippen MR) is 142 cm³/mol. The molecule has 0 radical (unpaired) electrons. The Balaban J connectivity index is 1.71. The number of fused-ring (bicyclic) bond motifs is 7. The second-order valence-corrected chi connectivity index (χ2v) is 14.8. The fraction of sp³-hybridized carbons (Fsp3) is 0.750. The quantitative estimate of drug-likeness (QED) is 0.491. The summed E-state index contributed by atoms with van der Waals surface area (Å²) in [6, 6.07) is 2.09.